The second kappa shape index (κ2) is 9.22. The first-order valence-electron chi connectivity index (χ1n) is 10.1. The van der Waals surface area contributed by atoms with E-state index in [0.717, 1.165) is 21.9 Å². The largest absolute Gasteiger partial charge is 0.508 e. The van der Waals surface area contributed by atoms with Gasteiger partial charge in [-0.05, 0) is 53.3 Å². The summed E-state index contributed by atoms with van der Waals surface area (Å²) in [7, 11) is 0. The number of aromatic hydroxyl groups is 1. The molecule has 0 fully saturated rings. The summed E-state index contributed by atoms with van der Waals surface area (Å²) in [6, 6.07) is 22.5. The fourth-order valence-corrected chi connectivity index (χ4v) is 3.59. The third-order valence-corrected chi connectivity index (χ3v) is 5.24. The Morgan fingerprint density at radius 1 is 0.903 bits per heavy atom. The third kappa shape index (κ3) is 4.95. The summed E-state index contributed by atoms with van der Waals surface area (Å²) < 4.78 is 0. The van der Waals surface area contributed by atoms with E-state index < -0.39 is 6.04 Å². The van der Waals surface area contributed by atoms with E-state index in [-0.39, 0.29) is 23.9 Å². The first-order chi connectivity index (χ1) is 15.1. The fourth-order valence-electron chi connectivity index (χ4n) is 3.59. The molecule has 0 spiro atoms. The van der Waals surface area contributed by atoms with Gasteiger partial charge < -0.3 is 10.4 Å². The van der Waals surface area contributed by atoms with Crippen molar-refractivity contribution in [3.05, 3.63) is 108 Å². The molecule has 31 heavy (non-hydrogen) atoms. The SMILES string of the molecule is O=C(NC(Cc1ccc(O)cc1)C(=O)Cc1cccc2ccncc12)c1ccccc1. The molecule has 5 nitrogen and oxygen atoms in total. The number of Topliss-reactive ketones (excluding diaryl/α,β-unsaturated/α-hetero) is 1. The number of nitrogens with zero attached hydrogens (tertiary/aromatic N) is 1. The molecule has 1 amide bonds. The van der Waals surface area contributed by atoms with E-state index in [4.69, 9.17) is 0 Å². The van der Waals surface area contributed by atoms with E-state index in [2.05, 4.69) is 10.3 Å². The molecule has 4 rings (SSSR count). The first-order valence-corrected chi connectivity index (χ1v) is 10.1. The minimum Gasteiger partial charge on any atom is -0.508 e. The van der Waals surface area contributed by atoms with E-state index >= 15 is 0 Å². The van der Waals surface area contributed by atoms with Crippen molar-refractivity contribution in [3.8, 4) is 5.75 Å². The highest BCUT2D eigenvalue weighted by molar-refractivity contribution is 5.99. The van der Waals surface area contributed by atoms with Crippen molar-refractivity contribution in [2.75, 3.05) is 0 Å². The minimum absolute atomic E-state index is 0.0892. The summed E-state index contributed by atoms with van der Waals surface area (Å²) in [6.07, 6.45) is 4.00. The number of hydrogen-bond acceptors (Lipinski definition) is 4. The Morgan fingerprint density at radius 3 is 2.45 bits per heavy atom. The molecule has 3 aromatic carbocycles. The lowest BCUT2D eigenvalue weighted by atomic mass is 9.95. The van der Waals surface area contributed by atoms with Gasteiger partial charge in [0.25, 0.3) is 5.91 Å². The number of phenolic OH excluding ortho intramolecular Hbond substituents is 1. The van der Waals surface area contributed by atoms with Crippen LogP contribution in [0.5, 0.6) is 5.75 Å². The fraction of sp³-hybridized carbons (Fsp3) is 0.115. The van der Waals surface area contributed by atoms with Crippen molar-refractivity contribution in [3.63, 3.8) is 0 Å². The van der Waals surface area contributed by atoms with Crippen LogP contribution in [0, 0.1) is 0 Å². The molecular formula is C26H22N2O3. The molecule has 0 radical (unpaired) electrons. The minimum atomic E-state index is -0.704. The molecular weight excluding hydrogens is 388 g/mol. The molecule has 154 valence electrons. The molecule has 4 aromatic rings. The van der Waals surface area contributed by atoms with Crippen LogP contribution in [0.1, 0.15) is 21.5 Å². The number of carbonyl (C=O) groups is 2. The lowest BCUT2D eigenvalue weighted by molar-refractivity contribution is -0.120. The molecule has 0 saturated heterocycles. The van der Waals surface area contributed by atoms with Gasteiger partial charge in [-0.1, -0.05) is 48.5 Å². The van der Waals surface area contributed by atoms with Gasteiger partial charge in [-0.15, -0.1) is 0 Å². The molecule has 0 aliphatic heterocycles. The van der Waals surface area contributed by atoms with Crippen LogP contribution in [0.3, 0.4) is 0 Å². The van der Waals surface area contributed by atoms with Gasteiger partial charge in [-0.2, -0.15) is 0 Å². The van der Waals surface area contributed by atoms with Gasteiger partial charge in [-0.25, -0.2) is 0 Å². The number of aromatic nitrogens is 1. The maximum atomic E-state index is 13.3. The molecule has 0 bridgehead atoms. The Bertz CT molecular complexity index is 1200. The van der Waals surface area contributed by atoms with Crippen LogP contribution in [0.15, 0.2) is 91.3 Å². The van der Waals surface area contributed by atoms with Crippen molar-refractivity contribution in [1.29, 1.82) is 0 Å². The lowest BCUT2D eigenvalue weighted by Gasteiger charge is -2.19. The van der Waals surface area contributed by atoms with Crippen molar-refractivity contribution in [1.82, 2.24) is 10.3 Å². The number of amides is 1. The van der Waals surface area contributed by atoms with Gasteiger partial charge in [0.2, 0.25) is 0 Å². The van der Waals surface area contributed by atoms with Crippen LogP contribution in [0.4, 0.5) is 0 Å². The van der Waals surface area contributed by atoms with E-state index in [1.807, 2.05) is 30.3 Å². The number of ketones is 1. The Labute approximate surface area is 180 Å². The van der Waals surface area contributed by atoms with Crippen LogP contribution >= 0.6 is 0 Å². The lowest BCUT2D eigenvalue weighted by Crippen LogP contribution is -2.43. The number of rotatable bonds is 7. The first kappa shape index (κ1) is 20.3. The zero-order valence-electron chi connectivity index (χ0n) is 16.9. The zero-order chi connectivity index (χ0) is 21.6. The number of fused-ring (bicyclic) bond motifs is 1. The van der Waals surface area contributed by atoms with Gasteiger partial charge in [0.1, 0.15) is 5.75 Å². The number of carbonyl (C=O) groups excluding carboxylic acids is 2. The maximum absolute atomic E-state index is 13.3. The average Bonchev–Trinajstić information content (AvgIpc) is 2.81. The topological polar surface area (TPSA) is 79.3 Å². The summed E-state index contributed by atoms with van der Waals surface area (Å²) in [5, 5.41) is 14.4. The summed E-state index contributed by atoms with van der Waals surface area (Å²) in [6.45, 7) is 0. The van der Waals surface area contributed by atoms with Gasteiger partial charge in [0, 0.05) is 29.8 Å². The van der Waals surface area contributed by atoms with E-state index in [0.29, 0.717) is 12.0 Å². The van der Waals surface area contributed by atoms with Gasteiger partial charge >= 0.3 is 0 Å². The Kier molecular flexibility index (Phi) is 6.03. The molecule has 2 N–H and O–H groups in total. The number of hydrogen-bond donors (Lipinski definition) is 2. The van der Waals surface area contributed by atoms with Crippen molar-refractivity contribution in [2.45, 2.75) is 18.9 Å². The molecule has 1 aromatic heterocycles. The number of phenols is 1. The van der Waals surface area contributed by atoms with Gasteiger partial charge in [0.15, 0.2) is 5.78 Å². The number of benzene rings is 3. The van der Waals surface area contributed by atoms with Gasteiger partial charge in [0.05, 0.1) is 6.04 Å². The molecule has 0 aliphatic rings. The predicted octanol–water partition coefficient (Wildman–Crippen LogP) is 4.09. The highest BCUT2D eigenvalue weighted by atomic mass is 16.3. The van der Waals surface area contributed by atoms with E-state index in [1.54, 1.807) is 60.9 Å². The maximum Gasteiger partial charge on any atom is 0.251 e. The number of nitrogens with one attached hydrogen (secondary N) is 1. The zero-order valence-corrected chi connectivity index (χ0v) is 16.9. The van der Waals surface area contributed by atoms with Crippen LogP contribution in [-0.4, -0.2) is 27.8 Å². The molecule has 0 saturated carbocycles. The Balaban J connectivity index is 1.59. The Morgan fingerprint density at radius 2 is 1.68 bits per heavy atom. The average molecular weight is 410 g/mol. The highest BCUT2D eigenvalue weighted by Gasteiger charge is 2.23. The summed E-state index contributed by atoms with van der Waals surface area (Å²) in [4.78, 5) is 30.3. The van der Waals surface area contributed by atoms with Crippen LogP contribution in [0.2, 0.25) is 0 Å². The summed E-state index contributed by atoms with van der Waals surface area (Å²) >= 11 is 0. The standard InChI is InChI=1S/C26H22N2O3/c29-22-11-9-18(10-12-22)15-24(28-26(31)20-5-2-1-3-6-20)25(30)16-21-8-4-7-19-13-14-27-17-23(19)21/h1-14,17,24,29H,15-16H2,(H,28,31). The predicted molar refractivity (Wildman–Crippen MR) is 120 cm³/mol. The molecule has 5 heteroatoms. The summed E-state index contributed by atoms with van der Waals surface area (Å²) in [5.74, 6) is -0.228. The van der Waals surface area contributed by atoms with Crippen LogP contribution in [-0.2, 0) is 17.6 Å². The summed E-state index contributed by atoms with van der Waals surface area (Å²) in [5.41, 5.74) is 2.23. The molecule has 1 heterocycles. The van der Waals surface area contributed by atoms with E-state index in [9.17, 15) is 14.7 Å². The Hall–Kier alpha value is -3.99. The van der Waals surface area contributed by atoms with Crippen LogP contribution in [0.25, 0.3) is 10.8 Å². The quantitative estimate of drug-likeness (QED) is 0.481. The highest BCUT2D eigenvalue weighted by Crippen LogP contribution is 2.19. The molecule has 1 atom stereocenters. The monoisotopic (exact) mass is 410 g/mol. The van der Waals surface area contributed by atoms with E-state index in [1.165, 1.54) is 0 Å². The molecule has 1 unspecified atom stereocenters. The van der Waals surface area contributed by atoms with Crippen LogP contribution < -0.4 is 5.32 Å². The van der Waals surface area contributed by atoms with Gasteiger partial charge in [-0.3, -0.25) is 14.6 Å². The van der Waals surface area contributed by atoms with Crippen molar-refractivity contribution < 1.29 is 14.7 Å². The normalized spacial score (nSPS) is 11.7. The number of pyridine rings is 1. The third-order valence-electron chi connectivity index (χ3n) is 5.24. The van der Waals surface area contributed by atoms with Crippen molar-refractivity contribution in [2.24, 2.45) is 0 Å². The molecule has 0 aliphatic carbocycles. The smallest absolute Gasteiger partial charge is 0.251 e. The van der Waals surface area contributed by atoms with Crippen molar-refractivity contribution >= 4 is 22.5 Å². The second-order valence-electron chi connectivity index (χ2n) is 7.42. The second-order valence-corrected chi connectivity index (χ2v) is 7.42.